The third kappa shape index (κ3) is 3.10. The molecule has 0 bridgehead atoms. The Balaban J connectivity index is 3.04. The van der Waals surface area contributed by atoms with Crippen LogP contribution in [0.3, 0.4) is 0 Å². The summed E-state index contributed by atoms with van der Waals surface area (Å²) in [6.45, 7) is 1.39. The summed E-state index contributed by atoms with van der Waals surface area (Å²) in [4.78, 5) is 0. The van der Waals surface area contributed by atoms with Crippen LogP contribution in [0.2, 0.25) is 0 Å². The van der Waals surface area contributed by atoms with E-state index in [-0.39, 0.29) is 11.1 Å². The zero-order valence-electron chi connectivity index (χ0n) is 8.48. The van der Waals surface area contributed by atoms with E-state index in [9.17, 15) is 22.7 Å². The van der Waals surface area contributed by atoms with Crippen molar-refractivity contribution in [1.29, 1.82) is 0 Å². The predicted molar refractivity (Wildman–Crippen MR) is 50.4 cm³/mol. The van der Waals surface area contributed by atoms with Gasteiger partial charge in [0.2, 0.25) is 0 Å². The van der Waals surface area contributed by atoms with Crippen LogP contribution in [-0.4, -0.2) is 11.3 Å². The van der Waals surface area contributed by atoms with Gasteiger partial charge in [0, 0.05) is 11.6 Å². The minimum absolute atomic E-state index is 0.160. The maximum Gasteiger partial charge on any atom is 0.390 e. The van der Waals surface area contributed by atoms with Gasteiger partial charge in [-0.05, 0) is 24.6 Å². The Kier molecular flexibility index (Phi) is 3.42. The summed E-state index contributed by atoms with van der Waals surface area (Å²) in [6.07, 6.45) is -5.75. The highest BCUT2D eigenvalue weighted by Crippen LogP contribution is 2.34. The van der Waals surface area contributed by atoms with Gasteiger partial charge in [-0.1, -0.05) is 0 Å². The molecule has 1 rings (SSSR count). The van der Waals surface area contributed by atoms with Crippen LogP contribution < -0.4 is 5.73 Å². The van der Waals surface area contributed by atoms with Crippen molar-refractivity contribution in [1.82, 2.24) is 0 Å². The molecule has 0 unspecified atom stereocenters. The van der Waals surface area contributed by atoms with E-state index >= 15 is 0 Å². The molecule has 0 aromatic heterocycles. The number of nitrogens with two attached hydrogens (primary N) is 1. The van der Waals surface area contributed by atoms with Gasteiger partial charge in [-0.3, -0.25) is 0 Å². The van der Waals surface area contributed by atoms with Crippen LogP contribution in [-0.2, 0) is 0 Å². The summed E-state index contributed by atoms with van der Waals surface area (Å²) in [5.41, 5.74) is 5.21. The summed E-state index contributed by atoms with van der Waals surface area (Å²) in [6, 6.07) is 0.382. The lowest BCUT2D eigenvalue weighted by Gasteiger charge is -2.16. The van der Waals surface area contributed by atoms with E-state index < -0.39 is 30.2 Å². The van der Waals surface area contributed by atoms with E-state index in [0.29, 0.717) is 0 Å². The van der Waals surface area contributed by atoms with Gasteiger partial charge in [0.1, 0.15) is 11.6 Å². The third-order valence-electron chi connectivity index (χ3n) is 2.15. The highest BCUT2D eigenvalue weighted by molar-refractivity contribution is 5.41. The molecule has 0 saturated heterocycles. The van der Waals surface area contributed by atoms with Crippen molar-refractivity contribution in [2.45, 2.75) is 25.6 Å². The molecule has 3 N–H and O–H groups in total. The molecule has 0 amide bonds. The van der Waals surface area contributed by atoms with Gasteiger partial charge in [0.25, 0.3) is 0 Å². The van der Waals surface area contributed by atoms with Crippen LogP contribution in [0.25, 0.3) is 0 Å². The number of rotatable bonds is 2. The van der Waals surface area contributed by atoms with Gasteiger partial charge in [0.05, 0.1) is 6.42 Å². The van der Waals surface area contributed by atoms with Crippen LogP contribution in [0.15, 0.2) is 12.1 Å². The fourth-order valence-electron chi connectivity index (χ4n) is 1.40. The number of alkyl halides is 3. The lowest BCUT2D eigenvalue weighted by molar-refractivity contribution is -0.138. The molecule has 0 aliphatic rings. The second kappa shape index (κ2) is 4.29. The van der Waals surface area contributed by atoms with E-state index in [1.807, 2.05) is 0 Å². The van der Waals surface area contributed by atoms with E-state index in [2.05, 4.69) is 0 Å². The average molecular weight is 237 g/mol. The largest absolute Gasteiger partial charge is 0.507 e. The second-order valence-corrected chi connectivity index (χ2v) is 3.59. The molecule has 0 heterocycles. The van der Waals surface area contributed by atoms with Crippen molar-refractivity contribution >= 4 is 0 Å². The minimum atomic E-state index is -4.45. The quantitative estimate of drug-likeness (QED) is 0.777. The molecule has 0 spiro atoms. The molecule has 0 saturated carbocycles. The Labute approximate surface area is 89.7 Å². The zero-order chi connectivity index (χ0) is 12.5. The first kappa shape index (κ1) is 12.8. The Bertz CT molecular complexity index is 389. The second-order valence-electron chi connectivity index (χ2n) is 3.59. The Morgan fingerprint density at radius 2 is 1.94 bits per heavy atom. The van der Waals surface area contributed by atoms with Crippen molar-refractivity contribution in [3.05, 3.63) is 29.1 Å². The predicted octanol–water partition coefficient (Wildman–Crippen LogP) is 2.79. The van der Waals surface area contributed by atoms with Crippen molar-refractivity contribution in [2.75, 3.05) is 0 Å². The van der Waals surface area contributed by atoms with Gasteiger partial charge in [-0.25, -0.2) is 4.39 Å². The average Bonchev–Trinajstić information content (AvgIpc) is 2.08. The first-order valence-electron chi connectivity index (χ1n) is 4.52. The normalized spacial score (nSPS) is 13.9. The Hall–Kier alpha value is -1.30. The number of phenolic OH excluding ortho intramolecular Hbond substituents is 1. The summed E-state index contributed by atoms with van der Waals surface area (Å²) in [5.74, 6) is -1.11. The van der Waals surface area contributed by atoms with E-state index in [1.54, 1.807) is 0 Å². The Morgan fingerprint density at radius 3 is 2.44 bits per heavy atom. The maximum atomic E-state index is 13.0. The number of hydrogen-bond donors (Lipinski definition) is 2. The molecule has 1 aromatic rings. The number of benzene rings is 1. The number of aryl methyl sites for hydroxylation is 1. The fourth-order valence-corrected chi connectivity index (χ4v) is 1.40. The molecular weight excluding hydrogens is 226 g/mol. The smallest absolute Gasteiger partial charge is 0.390 e. The molecular formula is C10H11F4NO. The van der Waals surface area contributed by atoms with Crippen molar-refractivity contribution in [3.8, 4) is 5.75 Å². The van der Waals surface area contributed by atoms with Crippen LogP contribution in [0.4, 0.5) is 17.6 Å². The van der Waals surface area contributed by atoms with Crippen molar-refractivity contribution in [3.63, 3.8) is 0 Å². The molecule has 6 heteroatoms. The van der Waals surface area contributed by atoms with Crippen LogP contribution >= 0.6 is 0 Å². The van der Waals surface area contributed by atoms with Gasteiger partial charge >= 0.3 is 6.18 Å². The summed E-state index contributed by atoms with van der Waals surface area (Å²) in [5, 5.41) is 9.48. The van der Waals surface area contributed by atoms with Gasteiger partial charge in [-0.2, -0.15) is 13.2 Å². The highest BCUT2D eigenvalue weighted by atomic mass is 19.4. The molecule has 0 aliphatic carbocycles. The number of aromatic hydroxyl groups is 1. The van der Waals surface area contributed by atoms with Gasteiger partial charge < -0.3 is 10.8 Å². The lowest BCUT2D eigenvalue weighted by atomic mass is 10.0. The van der Waals surface area contributed by atoms with Gasteiger partial charge in [0.15, 0.2) is 0 Å². The molecule has 16 heavy (non-hydrogen) atoms. The van der Waals surface area contributed by atoms with E-state index in [0.717, 1.165) is 12.1 Å². The third-order valence-corrected chi connectivity index (χ3v) is 2.15. The molecule has 0 aliphatic heterocycles. The highest BCUT2D eigenvalue weighted by Gasteiger charge is 2.32. The first-order chi connectivity index (χ1) is 7.20. The van der Waals surface area contributed by atoms with Crippen LogP contribution in [0.5, 0.6) is 5.75 Å². The SMILES string of the molecule is Cc1cc(F)cc([C@H](N)CC(F)(F)F)c1O. The fraction of sp³-hybridized carbons (Fsp3) is 0.400. The molecule has 0 fully saturated rings. The maximum absolute atomic E-state index is 13.0. The topological polar surface area (TPSA) is 46.2 Å². The molecule has 2 nitrogen and oxygen atoms in total. The minimum Gasteiger partial charge on any atom is -0.507 e. The zero-order valence-corrected chi connectivity index (χ0v) is 8.48. The van der Waals surface area contributed by atoms with E-state index in [4.69, 9.17) is 5.73 Å². The lowest BCUT2D eigenvalue weighted by Crippen LogP contribution is -2.20. The summed E-state index contributed by atoms with van der Waals surface area (Å²) < 4.78 is 49.2. The van der Waals surface area contributed by atoms with Crippen LogP contribution in [0, 0.1) is 12.7 Å². The number of hydrogen-bond acceptors (Lipinski definition) is 2. The molecule has 0 radical (unpaired) electrons. The van der Waals surface area contributed by atoms with Gasteiger partial charge in [-0.15, -0.1) is 0 Å². The number of phenols is 1. The summed E-state index contributed by atoms with van der Waals surface area (Å²) in [7, 11) is 0. The standard InChI is InChI=1S/C10H11F4NO/c1-5-2-6(11)3-7(9(5)16)8(15)4-10(12,13)14/h2-3,8,16H,4,15H2,1H3/t8-/m1/s1. The molecule has 1 aromatic carbocycles. The van der Waals surface area contributed by atoms with Crippen LogP contribution in [0.1, 0.15) is 23.6 Å². The Morgan fingerprint density at radius 1 is 1.38 bits per heavy atom. The molecule has 1 atom stereocenters. The number of halogens is 4. The molecule has 90 valence electrons. The van der Waals surface area contributed by atoms with Crippen molar-refractivity contribution in [2.24, 2.45) is 5.73 Å². The van der Waals surface area contributed by atoms with E-state index in [1.165, 1.54) is 6.92 Å². The monoisotopic (exact) mass is 237 g/mol. The van der Waals surface area contributed by atoms with Crippen molar-refractivity contribution < 1.29 is 22.7 Å². The first-order valence-corrected chi connectivity index (χ1v) is 4.52. The summed E-state index contributed by atoms with van der Waals surface area (Å²) >= 11 is 0.